The fraction of sp³-hybridized carbons (Fsp3) is 0.200. The molecule has 0 aliphatic carbocycles. The number of rotatable bonds is 1. The normalized spacial score (nSPS) is 17.6. The molecular weight excluding hydrogens is 244 g/mol. The molecule has 0 spiro atoms. The van der Waals surface area contributed by atoms with Crippen LogP contribution in [0.2, 0.25) is 0 Å². The Morgan fingerprint density at radius 1 is 0.947 bits per heavy atom. The van der Waals surface area contributed by atoms with E-state index in [0.717, 1.165) is 17.5 Å². The van der Waals surface area contributed by atoms with Gasteiger partial charge < -0.3 is 20.1 Å². The van der Waals surface area contributed by atoms with E-state index in [0.29, 0.717) is 12.4 Å². The number of benzene rings is 2. The van der Waals surface area contributed by atoms with Crippen molar-refractivity contribution in [3.63, 3.8) is 0 Å². The van der Waals surface area contributed by atoms with Gasteiger partial charge in [-0.3, -0.25) is 0 Å². The van der Waals surface area contributed by atoms with Crippen molar-refractivity contribution in [2.24, 2.45) is 0 Å². The van der Waals surface area contributed by atoms with E-state index in [-0.39, 0.29) is 23.2 Å². The van der Waals surface area contributed by atoms with Gasteiger partial charge in [-0.1, -0.05) is 12.1 Å². The highest BCUT2D eigenvalue weighted by molar-refractivity contribution is 5.46. The first-order chi connectivity index (χ1) is 9.13. The third kappa shape index (κ3) is 2.17. The monoisotopic (exact) mass is 258 g/mol. The number of hydrogen-bond donors (Lipinski definition) is 3. The van der Waals surface area contributed by atoms with E-state index in [9.17, 15) is 15.3 Å². The predicted octanol–water partition coefficient (Wildman–Crippen LogP) is 2.52. The first kappa shape index (κ1) is 11.7. The quantitative estimate of drug-likeness (QED) is 0.735. The van der Waals surface area contributed by atoms with Crippen LogP contribution in [0.4, 0.5) is 0 Å². The van der Waals surface area contributed by atoms with Gasteiger partial charge in [-0.25, -0.2) is 0 Å². The van der Waals surface area contributed by atoms with E-state index in [1.165, 1.54) is 6.07 Å². The first-order valence-corrected chi connectivity index (χ1v) is 6.10. The zero-order valence-corrected chi connectivity index (χ0v) is 10.2. The molecule has 0 saturated carbocycles. The highest BCUT2D eigenvalue weighted by Crippen LogP contribution is 2.38. The van der Waals surface area contributed by atoms with E-state index < -0.39 is 0 Å². The van der Waals surface area contributed by atoms with Gasteiger partial charge in [0.25, 0.3) is 0 Å². The van der Waals surface area contributed by atoms with Crippen molar-refractivity contribution in [3.8, 4) is 23.0 Å². The van der Waals surface area contributed by atoms with Crippen molar-refractivity contribution in [1.29, 1.82) is 0 Å². The summed E-state index contributed by atoms with van der Waals surface area (Å²) < 4.78 is 5.62. The van der Waals surface area contributed by atoms with Gasteiger partial charge in [-0.2, -0.15) is 0 Å². The maximum atomic E-state index is 9.88. The van der Waals surface area contributed by atoms with Gasteiger partial charge in [0, 0.05) is 23.6 Å². The largest absolute Gasteiger partial charge is 0.508 e. The first-order valence-electron chi connectivity index (χ1n) is 6.10. The molecule has 0 amide bonds. The minimum absolute atomic E-state index is 0.0395. The van der Waals surface area contributed by atoms with E-state index >= 15 is 0 Å². The van der Waals surface area contributed by atoms with E-state index in [1.54, 1.807) is 24.3 Å². The molecule has 98 valence electrons. The summed E-state index contributed by atoms with van der Waals surface area (Å²) in [7, 11) is 0. The highest BCUT2D eigenvalue weighted by atomic mass is 16.5. The van der Waals surface area contributed by atoms with Gasteiger partial charge in [0.05, 0.1) is 6.61 Å². The Labute approximate surface area is 110 Å². The summed E-state index contributed by atoms with van der Waals surface area (Å²) >= 11 is 0. The number of phenolic OH excluding ortho intramolecular Hbond substituents is 3. The van der Waals surface area contributed by atoms with E-state index in [1.807, 2.05) is 6.07 Å². The second-order valence-corrected chi connectivity index (χ2v) is 4.75. The zero-order chi connectivity index (χ0) is 13.4. The van der Waals surface area contributed by atoms with Crippen LogP contribution >= 0.6 is 0 Å². The maximum absolute atomic E-state index is 9.88. The Balaban J connectivity index is 1.91. The molecule has 2 aromatic carbocycles. The fourth-order valence-electron chi connectivity index (χ4n) is 2.44. The van der Waals surface area contributed by atoms with Crippen LogP contribution in [0.25, 0.3) is 0 Å². The molecule has 0 saturated heterocycles. The van der Waals surface area contributed by atoms with E-state index in [2.05, 4.69) is 0 Å². The average molecular weight is 258 g/mol. The van der Waals surface area contributed by atoms with Gasteiger partial charge in [0.2, 0.25) is 0 Å². The van der Waals surface area contributed by atoms with Crippen molar-refractivity contribution in [2.45, 2.75) is 12.3 Å². The van der Waals surface area contributed by atoms with Crippen LogP contribution in [0.15, 0.2) is 36.4 Å². The number of aromatic hydroxyl groups is 3. The molecular formula is C15H14O4. The highest BCUT2D eigenvalue weighted by Gasteiger charge is 2.23. The molecule has 1 unspecified atom stereocenters. The maximum Gasteiger partial charge on any atom is 0.126 e. The molecule has 3 rings (SSSR count). The minimum atomic E-state index is 0.0395. The Hall–Kier alpha value is -2.36. The molecule has 3 N–H and O–H groups in total. The second kappa shape index (κ2) is 4.39. The van der Waals surface area contributed by atoms with Crippen LogP contribution in [0.1, 0.15) is 17.0 Å². The molecule has 0 bridgehead atoms. The van der Waals surface area contributed by atoms with Crippen molar-refractivity contribution in [2.75, 3.05) is 6.61 Å². The van der Waals surface area contributed by atoms with Gasteiger partial charge in [0.15, 0.2) is 0 Å². The molecule has 1 atom stereocenters. The number of phenols is 3. The molecule has 1 heterocycles. The summed E-state index contributed by atoms with van der Waals surface area (Å²) in [6, 6.07) is 9.66. The average Bonchev–Trinajstić information content (AvgIpc) is 2.38. The summed E-state index contributed by atoms with van der Waals surface area (Å²) in [6.07, 6.45) is 0.730. The second-order valence-electron chi connectivity index (χ2n) is 4.75. The number of fused-ring (bicyclic) bond motifs is 1. The molecule has 2 aromatic rings. The van der Waals surface area contributed by atoms with Gasteiger partial charge in [0.1, 0.15) is 23.0 Å². The van der Waals surface area contributed by atoms with Crippen LogP contribution in [-0.4, -0.2) is 21.9 Å². The van der Waals surface area contributed by atoms with Gasteiger partial charge in [-0.05, 0) is 24.1 Å². The van der Waals surface area contributed by atoms with Crippen LogP contribution in [0.5, 0.6) is 23.0 Å². The van der Waals surface area contributed by atoms with Gasteiger partial charge >= 0.3 is 0 Å². The number of ether oxygens (including phenoxy) is 1. The Kier molecular flexibility index (Phi) is 2.71. The standard InChI is InChI=1S/C15H14O4/c16-11-3-4-13(14(18)6-11)10-5-9-1-2-12(17)7-15(9)19-8-10/h1-4,6-7,10,16-18H,5,8H2. The van der Waals surface area contributed by atoms with Crippen LogP contribution in [0.3, 0.4) is 0 Å². The SMILES string of the molecule is Oc1ccc(C2COc3cc(O)ccc3C2)c(O)c1. The zero-order valence-electron chi connectivity index (χ0n) is 10.2. The molecule has 4 nitrogen and oxygen atoms in total. The number of hydrogen-bond acceptors (Lipinski definition) is 4. The molecule has 19 heavy (non-hydrogen) atoms. The smallest absolute Gasteiger partial charge is 0.126 e. The van der Waals surface area contributed by atoms with Crippen molar-refractivity contribution < 1.29 is 20.1 Å². The van der Waals surface area contributed by atoms with Crippen molar-refractivity contribution in [1.82, 2.24) is 0 Å². The summed E-state index contributed by atoms with van der Waals surface area (Å²) in [5, 5.41) is 28.6. The topological polar surface area (TPSA) is 69.9 Å². The minimum Gasteiger partial charge on any atom is -0.508 e. The lowest BCUT2D eigenvalue weighted by molar-refractivity contribution is 0.258. The lowest BCUT2D eigenvalue weighted by atomic mass is 9.89. The Bertz CT molecular complexity index is 622. The molecule has 1 aliphatic rings. The predicted molar refractivity (Wildman–Crippen MR) is 69.8 cm³/mol. The third-order valence-electron chi connectivity index (χ3n) is 3.41. The summed E-state index contributed by atoms with van der Waals surface area (Å²) in [6.45, 7) is 0.439. The van der Waals surface area contributed by atoms with Crippen LogP contribution in [-0.2, 0) is 6.42 Å². The van der Waals surface area contributed by atoms with Crippen molar-refractivity contribution in [3.05, 3.63) is 47.5 Å². The summed E-state index contributed by atoms with van der Waals surface area (Å²) in [4.78, 5) is 0. The summed E-state index contributed by atoms with van der Waals surface area (Å²) in [5.74, 6) is 1.04. The lowest BCUT2D eigenvalue weighted by Crippen LogP contribution is -2.19. The molecule has 0 fully saturated rings. The lowest BCUT2D eigenvalue weighted by Gasteiger charge is -2.26. The van der Waals surface area contributed by atoms with Crippen LogP contribution < -0.4 is 4.74 Å². The summed E-state index contributed by atoms with van der Waals surface area (Å²) in [5.41, 5.74) is 1.76. The van der Waals surface area contributed by atoms with Gasteiger partial charge in [-0.15, -0.1) is 0 Å². The van der Waals surface area contributed by atoms with Crippen molar-refractivity contribution >= 4 is 0 Å². The molecule has 4 heteroatoms. The van der Waals surface area contributed by atoms with Crippen LogP contribution in [0, 0.1) is 0 Å². The molecule has 1 aliphatic heterocycles. The molecule has 0 radical (unpaired) electrons. The molecule has 0 aromatic heterocycles. The third-order valence-corrected chi connectivity index (χ3v) is 3.41. The van der Waals surface area contributed by atoms with E-state index in [4.69, 9.17) is 4.74 Å². The fourth-order valence-corrected chi connectivity index (χ4v) is 2.44. The Morgan fingerprint density at radius 3 is 2.47 bits per heavy atom. The Morgan fingerprint density at radius 2 is 1.68 bits per heavy atom.